The van der Waals surface area contributed by atoms with E-state index in [4.69, 9.17) is 4.74 Å². The predicted octanol–water partition coefficient (Wildman–Crippen LogP) is 1.58. The van der Waals surface area contributed by atoms with Gasteiger partial charge in [0.25, 0.3) is 5.69 Å². The second-order valence-electron chi connectivity index (χ2n) is 4.22. The fraction of sp³-hybridized carbons (Fsp3) is 0.385. The summed E-state index contributed by atoms with van der Waals surface area (Å²) in [6.07, 6.45) is -0.618. The van der Waals surface area contributed by atoms with Crippen molar-refractivity contribution in [3.05, 3.63) is 37.9 Å². The SMILES string of the molecule is CCOC(=O)C(=O)Cc1cc(OCC)c([N+](=O)[O-])cc1[N+](=O)[O-]. The highest BCUT2D eigenvalue weighted by atomic mass is 16.6. The molecule has 0 unspecified atom stereocenters. The lowest BCUT2D eigenvalue weighted by atomic mass is 10.1. The van der Waals surface area contributed by atoms with Crippen LogP contribution in [0.3, 0.4) is 0 Å². The molecule has 0 aliphatic heterocycles. The molecule has 1 aromatic carbocycles. The number of ether oxygens (including phenoxy) is 2. The Morgan fingerprint density at radius 2 is 1.65 bits per heavy atom. The van der Waals surface area contributed by atoms with Crippen LogP contribution < -0.4 is 4.74 Å². The minimum Gasteiger partial charge on any atom is -0.487 e. The number of Topliss-reactive ketones (excluding diaryl/α,β-unsaturated/α-hetero) is 1. The van der Waals surface area contributed by atoms with Gasteiger partial charge in [0.15, 0.2) is 5.75 Å². The molecule has 0 bridgehead atoms. The van der Waals surface area contributed by atoms with Gasteiger partial charge in [0.05, 0.1) is 29.1 Å². The summed E-state index contributed by atoms with van der Waals surface area (Å²) in [7, 11) is 0. The molecule has 0 atom stereocenters. The lowest BCUT2D eigenvalue weighted by molar-refractivity contribution is -0.395. The lowest BCUT2D eigenvalue weighted by Gasteiger charge is -2.08. The van der Waals surface area contributed by atoms with Crippen molar-refractivity contribution in [2.24, 2.45) is 0 Å². The van der Waals surface area contributed by atoms with Gasteiger partial charge in [-0.25, -0.2) is 4.79 Å². The van der Waals surface area contributed by atoms with Crippen LogP contribution in [0.4, 0.5) is 11.4 Å². The van der Waals surface area contributed by atoms with Gasteiger partial charge in [0.2, 0.25) is 5.78 Å². The van der Waals surface area contributed by atoms with Crippen LogP contribution in [-0.4, -0.2) is 34.8 Å². The van der Waals surface area contributed by atoms with Gasteiger partial charge in [-0.1, -0.05) is 0 Å². The molecule has 0 amide bonds. The number of hydrogen-bond donors (Lipinski definition) is 0. The number of esters is 1. The Labute approximate surface area is 130 Å². The summed E-state index contributed by atoms with van der Waals surface area (Å²) in [5.41, 5.74) is -1.40. The molecular formula is C13H14N2O8. The molecule has 0 saturated carbocycles. The van der Waals surface area contributed by atoms with E-state index in [1.807, 2.05) is 0 Å². The zero-order chi connectivity index (χ0) is 17.6. The second kappa shape index (κ2) is 7.82. The molecule has 0 aliphatic rings. The van der Waals surface area contributed by atoms with Gasteiger partial charge in [-0.3, -0.25) is 25.0 Å². The van der Waals surface area contributed by atoms with Crippen molar-refractivity contribution in [3.63, 3.8) is 0 Å². The molecule has 1 rings (SSSR count). The van der Waals surface area contributed by atoms with Crippen molar-refractivity contribution in [2.45, 2.75) is 20.3 Å². The summed E-state index contributed by atoms with van der Waals surface area (Å²) < 4.78 is 9.59. The molecule has 0 saturated heterocycles. The monoisotopic (exact) mass is 326 g/mol. The fourth-order valence-corrected chi connectivity index (χ4v) is 1.78. The molecule has 0 radical (unpaired) electrons. The average molecular weight is 326 g/mol. The molecule has 0 N–H and O–H groups in total. The first kappa shape index (κ1) is 18.0. The first-order chi connectivity index (χ1) is 10.8. The molecule has 1 aromatic rings. The van der Waals surface area contributed by atoms with Crippen LogP contribution in [0.15, 0.2) is 12.1 Å². The van der Waals surface area contributed by atoms with Crippen molar-refractivity contribution in [1.82, 2.24) is 0 Å². The van der Waals surface area contributed by atoms with Crippen LogP contribution in [0, 0.1) is 20.2 Å². The Morgan fingerprint density at radius 3 is 2.13 bits per heavy atom. The number of nitrogens with zero attached hydrogens (tertiary/aromatic N) is 2. The first-order valence-corrected chi connectivity index (χ1v) is 6.60. The molecular weight excluding hydrogens is 312 g/mol. The molecule has 23 heavy (non-hydrogen) atoms. The molecule has 0 heterocycles. The normalized spacial score (nSPS) is 10.0. The maximum Gasteiger partial charge on any atom is 0.374 e. The van der Waals surface area contributed by atoms with E-state index in [1.54, 1.807) is 6.92 Å². The van der Waals surface area contributed by atoms with Crippen LogP contribution in [0.25, 0.3) is 0 Å². The number of nitro benzene ring substituents is 2. The summed E-state index contributed by atoms with van der Waals surface area (Å²) in [4.78, 5) is 43.4. The number of hydrogen-bond acceptors (Lipinski definition) is 8. The zero-order valence-electron chi connectivity index (χ0n) is 12.4. The number of benzene rings is 1. The number of nitro groups is 2. The van der Waals surface area contributed by atoms with E-state index < -0.39 is 39.4 Å². The number of carbonyl (C=O) groups excluding carboxylic acids is 2. The van der Waals surface area contributed by atoms with E-state index in [0.29, 0.717) is 6.07 Å². The summed E-state index contributed by atoms with van der Waals surface area (Å²) in [5, 5.41) is 22.0. The topological polar surface area (TPSA) is 139 Å². The highest BCUT2D eigenvalue weighted by molar-refractivity contribution is 6.34. The Kier molecular flexibility index (Phi) is 6.13. The van der Waals surface area contributed by atoms with E-state index in [0.717, 1.165) is 6.07 Å². The molecule has 10 heteroatoms. The summed E-state index contributed by atoms with van der Waals surface area (Å²) >= 11 is 0. The minimum atomic E-state index is -1.13. The molecule has 0 fully saturated rings. The van der Waals surface area contributed by atoms with E-state index in [-0.39, 0.29) is 24.5 Å². The second-order valence-corrected chi connectivity index (χ2v) is 4.22. The first-order valence-electron chi connectivity index (χ1n) is 6.60. The van der Waals surface area contributed by atoms with Gasteiger partial charge in [-0.2, -0.15) is 0 Å². The van der Waals surface area contributed by atoms with Crippen LogP contribution in [0.2, 0.25) is 0 Å². The molecule has 0 aromatic heterocycles. The third-order valence-corrected chi connectivity index (χ3v) is 2.71. The molecule has 0 spiro atoms. The number of rotatable bonds is 8. The van der Waals surface area contributed by atoms with Crippen molar-refractivity contribution in [1.29, 1.82) is 0 Å². The summed E-state index contributed by atoms with van der Waals surface area (Å²) in [6, 6.07) is 1.73. The highest BCUT2D eigenvalue weighted by Crippen LogP contribution is 2.34. The summed E-state index contributed by atoms with van der Waals surface area (Å²) in [6.45, 7) is 3.16. The highest BCUT2D eigenvalue weighted by Gasteiger charge is 2.28. The van der Waals surface area contributed by atoms with Gasteiger partial charge >= 0.3 is 11.7 Å². The van der Waals surface area contributed by atoms with Crippen molar-refractivity contribution in [2.75, 3.05) is 13.2 Å². The largest absolute Gasteiger partial charge is 0.487 e. The van der Waals surface area contributed by atoms with Crippen LogP contribution >= 0.6 is 0 Å². The molecule has 124 valence electrons. The van der Waals surface area contributed by atoms with Crippen molar-refractivity contribution < 1.29 is 28.9 Å². The van der Waals surface area contributed by atoms with E-state index >= 15 is 0 Å². The minimum absolute atomic E-state index is 0.0167. The van der Waals surface area contributed by atoms with Gasteiger partial charge < -0.3 is 9.47 Å². The Bertz CT molecular complexity index is 656. The third kappa shape index (κ3) is 4.46. The van der Waals surface area contributed by atoms with Gasteiger partial charge in [0, 0.05) is 12.0 Å². The van der Waals surface area contributed by atoms with Gasteiger partial charge in [-0.15, -0.1) is 0 Å². The predicted molar refractivity (Wildman–Crippen MR) is 76.3 cm³/mol. The standard InChI is InChI=1S/C13H14N2O8/c1-3-22-12-6-8(5-11(16)13(17)23-4-2)9(14(18)19)7-10(12)15(20)21/h6-7H,3-5H2,1-2H3. The third-order valence-electron chi connectivity index (χ3n) is 2.71. The zero-order valence-corrected chi connectivity index (χ0v) is 12.4. The van der Waals surface area contributed by atoms with E-state index in [9.17, 15) is 29.8 Å². The van der Waals surface area contributed by atoms with E-state index in [1.165, 1.54) is 6.92 Å². The Hall–Kier alpha value is -3.04. The molecule has 10 nitrogen and oxygen atoms in total. The Balaban J connectivity index is 3.31. The number of ketones is 1. The number of carbonyl (C=O) groups is 2. The van der Waals surface area contributed by atoms with Crippen LogP contribution in [0.1, 0.15) is 19.4 Å². The lowest BCUT2D eigenvalue weighted by Crippen LogP contribution is -2.20. The van der Waals surface area contributed by atoms with Gasteiger partial charge in [-0.05, 0) is 19.9 Å². The Morgan fingerprint density at radius 1 is 1.04 bits per heavy atom. The fourth-order valence-electron chi connectivity index (χ4n) is 1.78. The van der Waals surface area contributed by atoms with Gasteiger partial charge in [0.1, 0.15) is 0 Å². The average Bonchev–Trinajstić information content (AvgIpc) is 2.47. The molecule has 0 aliphatic carbocycles. The maximum atomic E-state index is 11.7. The smallest absolute Gasteiger partial charge is 0.374 e. The van der Waals surface area contributed by atoms with Crippen LogP contribution in [0.5, 0.6) is 5.75 Å². The maximum absolute atomic E-state index is 11.7. The van der Waals surface area contributed by atoms with E-state index in [2.05, 4.69) is 4.74 Å². The van der Waals surface area contributed by atoms with Crippen LogP contribution in [-0.2, 0) is 20.7 Å². The quantitative estimate of drug-likeness (QED) is 0.303. The van der Waals surface area contributed by atoms with Crippen molar-refractivity contribution in [3.8, 4) is 5.75 Å². The summed E-state index contributed by atoms with van der Waals surface area (Å²) in [5.74, 6) is -2.33. The van der Waals surface area contributed by atoms with Crippen molar-refractivity contribution >= 4 is 23.1 Å².